The summed E-state index contributed by atoms with van der Waals surface area (Å²) in [5.74, 6) is -8.65. The first-order valence-electron chi connectivity index (χ1n) is 12.9. The third-order valence-corrected chi connectivity index (χ3v) is 7.19. The van der Waals surface area contributed by atoms with E-state index in [1.54, 1.807) is 0 Å². The second kappa shape index (κ2) is 13.8. The van der Waals surface area contributed by atoms with Crippen LogP contribution in [-0.4, -0.2) is 78.9 Å². The van der Waals surface area contributed by atoms with Crippen LogP contribution in [0, 0.1) is 11.8 Å². The fraction of sp³-hybridized carbons (Fsp3) is 0.692. The van der Waals surface area contributed by atoms with Gasteiger partial charge >= 0.3 is 23.9 Å². The fourth-order valence-electron chi connectivity index (χ4n) is 5.15. The van der Waals surface area contributed by atoms with Gasteiger partial charge in [0.2, 0.25) is 0 Å². The smallest absolute Gasteiger partial charge is 0.345 e. The molecule has 0 fully saturated rings. The van der Waals surface area contributed by atoms with Crippen molar-refractivity contribution < 1.29 is 54.6 Å². The molecule has 6 atom stereocenters. The average Bonchev–Trinajstić information content (AvgIpc) is 3.14. The minimum atomic E-state index is -2.04. The van der Waals surface area contributed by atoms with Gasteiger partial charge in [0, 0.05) is 11.5 Å². The molecular weight excluding hydrogens is 488 g/mol. The van der Waals surface area contributed by atoms with Crippen molar-refractivity contribution in [3.05, 3.63) is 22.3 Å². The highest BCUT2D eigenvalue weighted by Gasteiger charge is 2.48. The number of esters is 2. The Balaban J connectivity index is 2.69. The van der Waals surface area contributed by atoms with Crippen LogP contribution >= 0.6 is 0 Å². The minimum absolute atomic E-state index is 0.0127. The first-order valence-corrected chi connectivity index (χ1v) is 12.9. The number of cyclic esters (lactones) is 2. The molecule has 0 spiro atoms. The van der Waals surface area contributed by atoms with Gasteiger partial charge in [-0.25, -0.2) is 19.2 Å². The molecule has 1 aliphatic carbocycles. The standard InChI is InChI=1S/C26H38O11/c1-3-5-7-8-10-16(27)20-18(24(33)34)14(23(31)32)11-13(21(29)17(28)9-6-4-2)12-15-19(22(20)30)26(36)37-25(15)35/h13,16-17,20-22,27-30H,3-12H2,1-2H3,(H,31,32)(H,33,34)/t13-,16-,17+,20+,21+,22+/m0/s1. The predicted octanol–water partition coefficient (Wildman–Crippen LogP) is 1.46. The van der Waals surface area contributed by atoms with Crippen molar-refractivity contribution in [3.63, 3.8) is 0 Å². The first kappa shape index (κ1) is 30.6. The molecule has 1 aliphatic heterocycles. The van der Waals surface area contributed by atoms with E-state index < -0.39 is 89.7 Å². The van der Waals surface area contributed by atoms with Crippen molar-refractivity contribution in [2.45, 2.75) is 102 Å². The summed E-state index contributed by atoms with van der Waals surface area (Å²) < 4.78 is 4.68. The number of ether oxygens (including phenoxy) is 1. The van der Waals surface area contributed by atoms with Crippen molar-refractivity contribution >= 4 is 23.9 Å². The van der Waals surface area contributed by atoms with Gasteiger partial charge in [0.05, 0.1) is 41.1 Å². The van der Waals surface area contributed by atoms with Crippen LogP contribution in [0.1, 0.15) is 78.1 Å². The Morgan fingerprint density at radius 2 is 1.54 bits per heavy atom. The van der Waals surface area contributed by atoms with Crippen molar-refractivity contribution in [2.75, 3.05) is 0 Å². The number of rotatable bonds is 13. The fourth-order valence-corrected chi connectivity index (χ4v) is 5.15. The van der Waals surface area contributed by atoms with Crippen LogP contribution in [0.15, 0.2) is 22.3 Å². The number of unbranched alkanes of at least 4 members (excludes halogenated alkanes) is 4. The van der Waals surface area contributed by atoms with Gasteiger partial charge < -0.3 is 35.4 Å². The number of carboxylic acid groups (broad SMARTS) is 2. The Hall–Kier alpha value is -2.60. The summed E-state index contributed by atoms with van der Waals surface area (Å²) in [6, 6.07) is 0. The zero-order valence-corrected chi connectivity index (χ0v) is 21.3. The van der Waals surface area contributed by atoms with Gasteiger partial charge in [-0.15, -0.1) is 0 Å². The second-order valence-electron chi connectivity index (χ2n) is 9.83. The summed E-state index contributed by atoms with van der Waals surface area (Å²) in [6.07, 6.45) is -3.18. The maximum absolute atomic E-state index is 12.6. The monoisotopic (exact) mass is 526 g/mol. The van der Waals surface area contributed by atoms with Gasteiger partial charge in [0.15, 0.2) is 0 Å². The molecule has 6 N–H and O–H groups in total. The Bertz CT molecular complexity index is 935. The molecule has 0 saturated heterocycles. The lowest BCUT2D eigenvalue weighted by Gasteiger charge is -2.30. The SMILES string of the molecule is CCCCCC[C@H](O)[C@@H]1C(C(=O)O)=C(C(=O)O)C[C@H]([C@@H](O)[C@H](O)CCCC)CC2=C(C(=O)OC2=O)[C@H]1O. The van der Waals surface area contributed by atoms with Gasteiger partial charge in [0.25, 0.3) is 0 Å². The van der Waals surface area contributed by atoms with E-state index >= 15 is 0 Å². The lowest BCUT2D eigenvalue weighted by Crippen LogP contribution is -2.39. The molecule has 208 valence electrons. The van der Waals surface area contributed by atoms with Crippen LogP contribution in [0.25, 0.3) is 0 Å². The van der Waals surface area contributed by atoms with Crippen molar-refractivity contribution in [3.8, 4) is 0 Å². The molecule has 11 heteroatoms. The quantitative estimate of drug-likeness (QED) is 0.115. The van der Waals surface area contributed by atoms with Crippen LogP contribution < -0.4 is 0 Å². The third kappa shape index (κ3) is 7.25. The normalized spacial score (nSPS) is 25.1. The van der Waals surface area contributed by atoms with Gasteiger partial charge in [-0.1, -0.05) is 52.4 Å². The van der Waals surface area contributed by atoms with E-state index in [2.05, 4.69) is 4.74 Å². The van der Waals surface area contributed by atoms with Crippen LogP contribution in [-0.2, 0) is 23.9 Å². The Kier molecular flexibility index (Phi) is 11.4. The largest absolute Gasteiger partial charge is 0.478 e. The molecule has 2 aliphatic rings. The van der Waals surface area contributed by atoms with Gasteiger partial charge in [-0.05, 0) is 31.6 Å². The van der Waals surface area contributed by atoms with Crippen molar-refractivity contribution in [1.82, 2.24) is 0 Å². The van der Waals surface area contributed by atoms with E-state index in [1.807, 2.05) is 13.8 Å². The molecule has 0 aromatic carbocycles. The molecule has 2 rings (SSSR count). The number of aliphatic hydroxyl groups is 4. The third-order valence-electron chi connectivity index (χ3n) is 7.19. The Labute approximate surface area is 215 Å². The molecule has 0 amide bonds. The molecule has 11 nitrogen and oxygen atoms in total. The molecule has 0 aromatic rings. The molecule has 0 bridgehead atoms. The van der Waals surface area contributed by atoms with Crippen molar-refractivity contribution in [2.24, 2.45) is 11.8 Å². The van der Waals surface area contributed by atoms with Crippen LogP contribution in [0.4, 0.5) is 0 Å². The first-order chi connectivity index (χ1) is 17.5. The molecule has 37 heavy (non-hydrogen) atoms. The number of aliphatic hydroxyl groups excluding tert-OH is 4. The molecule has 0 saturated carbocycles. The zero-order chi connectivity index (χ0) is 27.9. The Morgan fingerprint density at radius 3 is 2.11 bits per heavy atom. The topological polar surface area (TPSA) is 199 Å². The summed E-state index contributed by atoms with van der Waals surface area (Å²) in [6.45, 7) is 3.85. The summed E-state index contributed by atoms with van der Waals surface area (Å²) >= 11 is 0. The van der Waals surface area contributed by atoms with Gasteiger partial charge in [-0.2, -0.15) is 0 Å². The van der Waals surface area contributed by atoms with E-state index in [0.29, 0.717) is 25.7 Å². The summed E-state index contributed by atoms with van der Waals surface area (Å²) in [4.78, 5) is 49.8. The number of carbonyl (C=O) groups excluding carboxylic acids is 2. The van der Waals surface area contributed by atoms with E-state index in [0.717, 1.165) is 12.8 Å². The number of aliphatic carboxylic acids is 2. The second-order valence-corrected chi connectivity index (χ2v) is 9.83. The van der Waals surface area contributed by atoms with Crippen molar-refractivity contribution in [1.29, 1.82) is 0 Å². The molecular formula is C26H38O11. The average molecular weight is 527 g/mol. The highest BCUT2D eigenvalue weighted by Crippen LogP contribution is 2.40. The Morgan fingerprint density at radius 1 is 0.892 bits per heavy atom. The number of carbonyl (C=O) groups is 4. The summed E-state index contributed by atoms with van der Waals surface area (Å²) in [7, 11) is 0. The van der Waals surface area contributed by atoms with E-state index in [4.69, 9.17) is 0 Å². The zero-order valence-electron chi connectivity index (χ0n) is 21.3. The molecule has 0 aromatic heterocycles. The van der Waals surface area contributed by atoms with E-state index in [9.17, 15) is 49.8 Å². The van der Waals surface area contributed by atoms with Crippen LogP contribution in [0.5, 0.6) is 0 Å². The molecule has 0 radical (unpaired) electrons. The van der Waals surface area contributed by atoms with Gasteiger partial charge in [0.1, 0.15) is 0 Å². The predicted molar refractivity (Wildman–Crippen MR) is 129 cm³/mol. The summed E-state index contributed by atoms with van der Waals surface area (Å²) in [5, 5.41) is 63.7. The maximum atomic E-state index is 12.6. The highest BCUT2D eigenvalue weighted by molar-refractivity contribution is 6.13. The number of hydrogen-bond acceptors (Lipinski definition) is 9. The summed E-state index contributed by atoms with van der Waals surface area (Å²) in [5.41, 5.74) is -2.39. The lowest BCUT2D eigenvalue weighted by atomic mass is 9.79. The van der Waals surface area contributed by atoms with E-state index in [-0.39, 0.29) is 18.4 Å². The number of carboxylic acids is 2. The van der Waals surface area contributed by atoms with E-state index in [1.165, 1.54) is 0 Å². The highest BCUT2D eigenvalue weighted by atomic mass is 16.6. The molecule has 1 heterocycles. The minimum Gasteiger partial charge on any atom is -0.478 e. The molecule has 0 unspecified atom stereocenters. The maximum Gasteiger partial charge on any atom is 0.345 e. The lowest BCUT2D eigenvalue weighted by molar-refractivity contribution is -0.152. The number of hydrogen-bond donors (Lipinski definition) is 6. The van der Waals surface area contributed by atoms with Crippen LogP contribution in [0.2, 0.25) is 0 Å². The van der Waals surface area contributed by atoms with Gasteiger partial charge in [-0.3, -0.25) is 0 Å². The van der Waals surface area contributed by atoms with Crippen LogP contribution in [0.3, 0.4) is 0 Å².